The van der Waals surface area contributed by atoms with Gasteiger partial charge in [0.05, 0.1) is 10.9 Å². The van der Waals surface area contributed by atoms with Crippen molar-refractivity contribution in [2.75, 3.05) is 0 Å². The molecule has 0 radical (unpaired) electrons. The number of fused-ring (bicyclic) bond motifs is 3. The highest BCUT2D eigenvalue weighted by Gasteiger charge is 2.49. The van der Waals surface area contributed by atoms with E-state index in [9.17, 15) is 9.59 Å². The van der Waals surface area contributed by atoms with Crippen LogP contribution in [0.4, 0.5) is 0 Å². The number of β-lactam (4-membered cyclic amide) rings is 1. The lowest BCUT2D eigenvalue weighted by Crippen LogP contribution is -2.52. The minimum Gasteiger partial charge on any atom is -0.477 e. The van der Waals surface area contributed by atoms with Gasteiger partial charge in [-0.1, -0.05) is 6.08 Å². The van der Waals surface area contributed by atoms with Gasteiger partial charge in [0.2, 0.25) is 0 Å². The van der Waals surface area contributed by atoms with E-state index < -0.39 is 5.97 Å². The molecule has 0 aromatic rings. The Labute approximate surface area is 136 Å². The maximum absolute atomic E-state index is 12.2. The molecule has 0 aromatic heterocycles. The molecule has 5 rings (SSSR count). The number of hydrogen-bond donors (Lipinski definition) is 1. The molecule has 7 heteroatoms. The second-order valence-corrected chi connectivity index (χ2v) is 7.33. The molecule has 1 fully saturated rings. The quantitative estimate of drug-likeness (QED) is 0.473. The fourth-order valence-electron chi connectivity index (χ4n) is 3.86. The number of nitrogens with zero attached hydrogens (tertiary/aromatic N) is 3. The van der Waals surface area contributed by atoms with Gasteiger partial charge in [-0.05, 0) is 37.1 Å². The second kappa shape index (κ2) is 4.44. The van der Waals surface area contributed by atoms with Gasteiger partial charge in [-0.15, -0.1) is 0 Å². The number of carboxylic acids is 1. The molecule has 0 aromatic carbocycles. The largest absolute Gasteiger partial charge is 0.477 e. The Hall–Kier alpha value is -2.15. The molecular formula is C16H14N3O3S+. The summed E-state index contributed by atoms with van der Waals surface area (Å²) in [7, 11) is 0. The topological polar surface area (TPSA) is 73.0 Å². The molecule has 23 heavy (non-hydrogen) atoms. The molecule has 1 aliphatic carbocycles. The molecule has 2 atom stereocenters. The third-order valence-electron chi connectivity index (χ3n) is 4.92. The number of thioether (sulfide) groups is 1. The number of hydrogen-bond acceptors (Lipinski definition) is 4. The molecule has 0 saturated carbocycles. The smallest absolute Gasteiger partial charge is 0.352 e. The third kappa shape index (κ3) is 1.71. The first-order chi connectivity index (χ1) is 11.1. The lowest BCUT2D eigenvalue weighted by Gasteiger charge is -2.38. The van der Waals surface area contributed by atoms with Crippen LogP contribution in [0.3, 0.4) is 0 Å². The molecule has 1 amide bonds. The van der Waals surface area contributed by atoms with Crippen LogP contribution >= 0.6 is 11.8 Å². The number of rotatable bonds is 2. The summed E-state index contributed by atoms with van der Waals surface area (Å²) in [5, 5.41) is 9.09. The van der Waals surface area contributed by atoms with Crippen LogP contribution in [0.25, 0.3) is 0 Å². The van der Waals surface area contributed by atoms with Crippen molar-refractivity contribution < 1.29 is 19.3 Å². The molecule has 2 unspecified atom stereocenters. The van der Waals surface area contributed by atoms with Crippen molar-refractivity contribution in [3.05, 3.63) is 34.0 Å². The summed E-state index contributed by atoms with van der Waals surface area (Å²) >= 11 is 1.81. The highest BCUT2D eigenvalue weighted by molar-refractivity contribution is 8.03. The molecule has 1 N–H and O–H groups in total. The Morgan fingerprint density at radius 1 is 1.48 bits per heavy atom. The Balaban J connectivity index is 1.40. The Bertz CT molecular complexity index is 834. The van der Waals surface area contributed by atoms with E-state index in [0.29, 0.717) is 12.0 Å². The molecule has 6 nitrogen and oxygen atoms in total. The SMILES string of the molecule is O=C(O)C1=CCC2/C(=C\C3=NC4SC5=C(CCC5)[N+]4=C3)C(=O)N12. The van der Waals surface area contributed by atoms with E-state index in [2.05, 4.69) is 9.57 Å². The zero-order valence-corrected chi connectivity index (χ0v) is 13.0. The van der Waals surface area contributed by atoms with E-state index in [1.165, 1.54) is 21.9 Å². The number of carbonyl (C=O) groups excluding carboxylic acids is 1. The van der Waals surface area contributed by atoms with Crippen molar-refractivity contribution >= 4 is 35.6 Å². The summed E-state index contributed by atoms with van der Waals surface area (Å²) < 4.78 is 2.22. The van der Waals surface area contributed by atoms with E-state index in [4.69, 9.17) is 5.11 Å². The Morgan fingerprint density at radius 3 is 3.17 bits per heavy atom. The molecule has 4 aliphatic heterocycles. The standard InChI is InChI=1S/C16H13N3O3S/c20-14-9(10-4-5-12(15(21)22)19(10)14)6-8-7-18-11-2-1-3-13(11)23-16(18)17-8/h5-7,10,16H,1-4H2/p+1/b9-6+. The van der Waals surface area contributed by atoms with Crippen LogP contribution in [-0.4, -0.2) is 49.9 Å². The van der Waals surface area contributed by atoms with Gasteiger partial charge in [0.25, 0.3) is 5.91 Å². The average molecular weight is 328 g/mol. The van der Waals surface area contributed by atoms with Gasteiger partial charge in [-0.3, -0.25) is 9.69 Å². The first-order valence-electron chi connectivity index (χ1n) is 7.72. The number of aliphatic carboxylic acids is 1. The highest BCUT2D eigenvalue weighted by atomic mass is 32.2. The number of aliphatic imine (C=N–C) groups is 1. The van der Waals surface area contributed by atoms with Crippen LogP contribution in [0.5, 0.6) is 0 Å². The van der Waals surface area contributed by atoms with Crippen LogP contribution in [0.2, 0.25) is 0 Å². The molecular weight excluding hydrogens is 314 g/mol. The van der Waals surface area contributed by atoms with Gasteiger partial charge in [-0.2, -0.15) is 4.58 Å². The zero-order chi connectivity index (χ0) is 15.7. The third-order valence-corrected chi connectivity index (χ3v) is 6.19. The van der Waals surface area contributed by atoms with Crippen LogP contribution < -0.4 is 0 Å². The van der Waals surface area contributed by atoms with Crippen LogP contribution in [0, 0.1) is 0 Å². The maximum atomic E-state index is 12.2. The summed E-state index contributed by atoms with van der Waals surface area (Å²) in [5.74, 6) is -1.25. The van der Waals surface area contributed by atoms with Crippen molar-refractivity contribution in [3.8, 4) is 0 Å². The average Bonchev–Trinajstić information content (AvgIpc) is 3.23. The predicted molar refractivity (Wildman–Crippen MR) is 85.1 cm³/mol. The first-order valence-corrected chi connectivity index (χ1v) is 8.60. The minimum absolute atomic E-state index is 0.0923. The van der Waals surface area contributed by atoms with E-state index in [1.807, 2.05) is 24.1 Å². The summed E-state index contributed by atoms with van der Waals surface area (Å²) in [6, 6.07) is -0.131. The molecule has 5 aliphatic rings. The van der Waals surface area contributed by atoms with Gasteiger partial charge in [-0.25, -0.2) is 9.79 Å². The zero-order valence-electron chi connectivity index (χ0n) is 12.2. The first kappa shape index (κ1) is 13.3. The fourth-order valence-corrected chi connectivity index (χ4v) is 5.20. The molecule has 0 bridgehead atoms. The minimum atomic E-state index is -1.04. The summed E-state index contributed by atoms with van der Waals surface area (Å²) in [6.45, 7) is 0. The van der Waals surface area contributed by atoms with Crippen molar-refractivity contribution in [1.82, 2.24) is 4.90 Å². The van der Waals surface area contributed by atoms with Crippen molar-refractivity contribution in [1.29, 1.82) is 0 Å². The number of allylic oxidation sites excluding steroid dienone is 3. The van der Waals surface area contributed by atoms with E-state index in [-0.39, 0.29) is 23.1 Å². The molecule has 1 saturated heterocycles. The predicted octanol–water partition coefficient (Wildman–Crippen LogP) is 1.46. The second-order valence-electron chi connectivity index (χ2n) is 6.18. The lowest BCUT2D eigenvalue weighted by molar-refractivity contribution is -0.478. The number of carboxylic acid groups (broad SMARTS) is 1. The fraction of sp³-hybridized carbons (Fsp3) is 0.375. The molecule has 4 heterocycles. The van der Waals surface area contributed by atoms with Crippen molar-refractivity contribution in [3.63, 3.8) is 0 Å². The van der Waals surface area contributed by atoms with Gasteiger partial charge in [0.15, 0.2) is 11.9 Å². The highest BCUT2D eigenvalue weighted by Crippen LogP contribution is 2.46. The monoisotopic (exact) mass is 328 g/mol. The van der Waals surface area contributed by atoms with Gasteiger partial charge < -0.3 is 5.11 Å². The summed E-state index contributed by atoms with van der Waals surface area (Å²) in [6.07, 6.45) is 9.52. The van der Waals surface area contributed by atoms with Gasteiger partial charge in [0, 0.05) is 12.0 Å². The molecule has 0 spiro atoms. The van der Waals surface area contributed by atoms with E-state index in [0.717, 1.165) is 18.6 Å². The maximum Gasteiger partial charge on any atom is 0.352 e. The lowest BCUT2D eigenvalue weighted by atomic mass is 9.93. The van der Waals surface area contributed by atoms with Crippen LogP contribution in [0.1, 0.15) is 25.7 Å². The Morgan fingerprint density at radius 2 is 2.35 bits per heavy atom. The van der Waals surface area contributed by atoms with E-state index >= 15 is 0 Å². The van der Waals surface area contributed by atoms with Gasteiger partial charge in [0.1, 0.15) is 11.4 Å². The van der Waals surface area contributed by atoms with E-state index in [1.54, 1.807) is 6.08 Å². The Kier molecular flexibility index (Phi) is 2.57. The van der Waals surface area contributed by atoms with Gasteiger partial charge >= 0.3 is 11.5 Å². The van der Waals surface area contributed by atoms with Crippen LogP contribution in [-0.2, 0) is 9.59 Å². The normalized spacial score (nSPS) is 32.5. The van der Waals surface area contributed by atoms with Crippen molar-refractivity contribution in [2.24, 2.45) is 4.99 Å². The molecule has 116 valence electrons. The summed E-state index contributed by atoms with van der Waals surface area (Å²) in [4.78, 5) is 30.8. The van der Waals surface area contributed by atoms with Crippen molar-refractivity contribution in [2.45, 2.75) is 37.2 Å². The number of amides is 1. The number of carbonyl (C=O) groups is 2. The summed E-state index contributed by atoms with van der Waals surface area (Å²) in [5.41, 5.74) is 3.06. The van der Waals surface area contributed by atoms with Crippen LogP contribution in [0.15, 0.2) is 39.0 Å².